The summed E-state index contributed by atoms with van der Waals surface area (Å²) in [5.41, 5.74) is 3.82. The molecule has 2 aromatic heterocycles. The van der Waals surface area contributed by atoms with Gasteiger partial charge in [-0.2, -0.15) is 0 Å². The molecule has 0 aliphatic carbocycles. The van der Waals surface area contributed by atoms with Gasteiger partial charge in [0.25, 0.3) is 5.91 Å². The van der Waals surface area contributed by atoms with Crippen molar-refractivity contribution in [3.05, 3.63) is 83.2 Å². The van der Waals surface area contributed by atoms with Crippen LogP contribution in [0, 0.1) is 13.8 Å². The summed E-state index contributed by atoms with van der Waals surface area (Å²) in [6.07, 6.45) is 3.75. The van der Waals surface area contributed by atoms with E-state index in [1.54, 1.807) is 18.3 Å². The number of aromatic nitrogens is 2. The molecule has 0 bridgehead atoms. The van der Waals surface area contributed by atoms with Crippen LogP contribution in [0.4, 0.5) is 11.6 Å². The molecular weight excluding hydrogens is 386 g/mol. The van der Waals surface area contributed by atoms with Crippen LogP contribution < -0.4 is 10.6 Å². The fraction of sp³-hybridized carbons (Fsp3) is 0.320. The summed E-state index contributed by atoms with van der Waals surface area (Å²) in [5, 5.41) is 6.42. The average molecular weight is 416 g/mol. The maximum absolute atomic E-state index is 12.9. The largest absolute Gasteiger partial charge is 0.367 e. The van der Waals surface area contributed by atoms with Gasteiger partial charge in [0, 0.05) is 37.6 Å². The van der Waals surface area contributed by atoms with Crippen LogP contribution in [-0.2, 0) is 6.54 Å². The van der Waals surface area contributed by atoms with E-state index in [9.17, 15) is 4.79 Å². The zero-order chi connectivity index (χ0) is 21.6. The summed E-state index contributed by atoms with van der Waals surface area (Å²) in [5.74, 6) is 0.993. The second kappa shape index (κ2) is 9.71. The summed E-state index contributed by atoms with van der Waals surface area (Å²) < 4.78 is 0. The van der Waals surface area contributed by atoms with Crippen LogP contribution in [0.3, 0.4) is 0 Å². The molecule has 1 aliphatic rings. The molecule has 1 saturated heterocycles. The van der Waals surface area contributed by atoms with Crippen molar-refractivity contribution in [2.45, 2.75) is 39.3 Å². The van der Waals surface area contributed by atoms with Crippen LogP contribution in [0.5, 0.6) is 0 Å². The number of carbonyl (C=O) groups is 1. The number of aryl methyl sites for hydroxylation is 2. The minimum atomic E-state index is -0.199. The number of benzene rings is 1. The third-order valence-electron chi connectivity index (χ3n) is 5.57. The molecule has 0 saturated carbocycles. The van der Waals surface area contributed by atoms with Gasteiger partial charge in [-0.15, -0.1) is 0 Å². The summed E-state index contributed by atoms with van der Waals surface area (Å²) in [6, 6.07) is 18.3. The molecule has 1 aliphatic heterocycles. The van der Waals surface area contributed by atoms with Gasteiger partial charge in [-0.1, -0.05) is 30.3 Å². The van der Waals surface area contributed by atoms with E-state index in [4.69, 9.17) is 0 Å². The van der Waals surface area contributed by atoms with Crippen molar-refractivity contribution in [3.8, 4) is 0 Å². The molecule has 6 heteroatoms. The molecule has 0 radical (unpaired) electrons. The number of anilines is 2. The first-order chi connectivity index (χ1) is 15.1. The number of amides is 1. The molecule has 1 amide bonds. The molecular formula is C25H29N5O. The molecule has 0 atom stereocenters. The van der Waals surface area contributed by atoms with Crippen LogP contribution in [0.15, 0.2) is 60.8 Å². The second-order valence-electron chi connectivity index (χ2n) is 8.21. The number of piperidine rings is 1. The number of hydrogen-bond donors (Lipinski definition) is 2. The lowest BCUT2D eigenvalue weighted by molar-refractivity contribution is 0.102. The highest BCUT2D eigenvalue weighted by Crippen LogP contribution is 2.21. The molecule has 3 aromatic rings. The van der Waals surface area contributed by atoms with E-state index in [1.807, 2.05) is 26.0 Å². The summed E-state index contributed by atoms with van der Waals surface area (Å²) in [6.45, 7) is 6.93. The number of pyridine rings is 2. The third kappa shape index (κ3) is 5.67. The zero-order valence-electron chi connectivity index (χ0n) is 18.1. The van der Waals surface area contributed by atoms with Gasteiger partial charge in [0.05, 0.1) is 5.56 Å². The van der Waals surface area contributed by atoms with Crippen LogP contribution in [-0.4, -0.2) is 39.9 Å². The van der Waals surface area contributed by atoms with E-state index in [-0.39, 0.29) is 5.91 Å². The minimum absolute atomic E-state index is 0.199. The van der Waals surface area contributed by atoms with Gasteiger partial charge in [-0.3, -0.25) is 9.69 Å². The second-order valence-corrected chi connectivity index (χ2v) is 8.21. The Morgan fingerprint density at radius 2 is 1.84 bits per heavy atom. The Hall–Kier alpha value is -3.25. The van der Waals surface area contributed by atoms with Crippen molar-refractivity contribution < 1.29 is 4.79 Å². The molecule has 0 spiro atoms. The van der Waals surface area contributed by atoms with Crippen LogP contribution >= 0.6 is 0 Å². The number of nitrogens with zero attached hydrogens (tertiary/aromatic N) is 3. The first-order valence-electron chi connectivity index (χ1n) is 10.8. The first kappa shape index (κ1) is 21.0. The topological polar surface area (TPSA) is 70.1 Å². The third-order valence-corrected chi connectivity index (χ3v) is 5.57. The predicted octanol–water partition coefficient (Wildman–Crippen LogP) is 4.42. The van der Waals surface area contributed by atoms with Crippen molar-refractivity contribution in [1.82, 2.24) is 14.9 Å². The Morgan fingerprint density at radius 3 is 2.58 bits per heavy atom. The molecule has 0 unspecified atom stereocenters. The van der Waals surface area contributed by atoms with E-state index >= 15 is 0 Å². The van der Waals surface area contributed by atoms with Crippen molar-refractivity contribution >= 4 is 17.5 Å². The highest BCUT2D eigenvalue weighted by molar-refractivity contribution is 6.07. The van der Waals surface area contributed by atoms with Crippen molar-refractivity contribution in [2.24, 2.45) is 0 Å². The molecule has 6 nitrogen and oxygen atoms in total. The Bertz CT molecular complexity index is 1010. The molecule has 2 N–H and O–H groups in total. The smallest absolute Gasteiger partial charge is 0.260 e. The first-order valence-corrected chi connectivity index (χ1v) is 10.8. The zero-order valence-corrected chi connectivity index (χ0v) is 18.1. The molecule has 160 valence electrons. The maximum atomic E-state index is 12.9. The number of rotatable bonds is 6. The van der Waals surface area contributed by atoms with Crippen LogP contribution in [0.2, 0.25) is 0 Å². The minimum Gasteiger partial charge on any atom is -0.367 e. The summed E-state index contributed by atoms with van der Waals surface area (Å²) >= 11 is 0. The van der Waals surface area contributed by atoms with Crippen LogP contribution in [0.25, 0.3) is 0 Å². The highest BCUT2D eigenvalue weighted by atomic mass is 16.1. The van der Waals surface area contributed by atoms with Gasteiger partial charge in [-0.25, -0.2) is 9.97 Å². The standard InChI is InChI=1S/C25H29N5O/c1-18-15-19(2)27-23(16-18)29-25(31)22-9-6-12-26-24(22)28-21-10-13-30(14-11-21)17-20-7-4-3-5-8-20/h3-9,12,15-16,21H,10-11,13-14,17H2,1-2H3,(H,26,28)(H,27,29,31). The predicted molar refractivity (Wildman–Crippen MR) is 124 cm³/mol. The Kier molecular flexibility index (Phi) is 6.57. The molecule has 1 aromatic carbocycles. The van der Waals surface area contributed by atoms with E-state index in [2.05, 4.69) is 55.8 Å². The molecule has 1 fully saturated rings. The average Bonchev–Trinajstić information content (AvgIpc) is 2.75. The van der Waals surface area contributed by atoms with Gasteiger partial charge in [0.1, 0.15) is 11.6 Å². The monoisotopic (exact) mass is 415 g/mol. The Morgan fingerprint density at radius 1 is 1.06 bits per heavy atom. The van der Waals surface area contributed by atoms with Gasteiger partial charge in [-0.05, 0) is 62.1 Å². The SMILES string of the molecule is Cc1cc(C)nc(NC(=O)c2cccnc2NC2CCN(Cc3ccccc3)CC2)c1. The normalized spacial score (nSPS) is 14.9. The fourth-order valence-corrected chi connectivity index (χ4v) is 4.06. The van der Waals surface area contributed by atoms with Crippen LogP contribution in [0.1, 0.15) is 40.0 Å². The maximum Gasteiger partial charge on any atom is 0.260 e. The number of nitrogens with one attached hydrogen (secondary N) is 2. The number of carbonyl (C=O) groups excluding carboxylic acids is 1. The van der Waals surface area contributed by atoms with Crippen molar-refractivity contribution in [2.75, 3.05) is 23.7 Å². The van der Waals surface area contributed by atoms with Crippen molar-refractivity contribution in [1.29, 1.82) is 0 Å². The Balaban J connectivity index is 1.37. The highest BCUT2D eigenvalue weighted by Gasteiger charge is 2.22. The summed E-state index contributed by atoms with van der Waals surface area (Å²) in [4.78, 5) is 24.3. The van der Waals surface area contributed by atoms with Gasteiger partial charge in [0.15, 0.2) is 0 Å². The summed E-state index contributed by atoms with van der Waals surface area (Å²) in [7, 11) is 0. The molecule has 4 rings (SSSR count). The van der Waals surface area contributed by atoms with Gasteiger partial charge < -0.3 is 10.6 Å². The van der Waals surface area contributed by atoms with Crippen molar-refractivity contribution in [3.63, 3.8) is 0 Å². The lowest BCUT2D eigenvalue weighted by Gasteiger charge is -2.32. The molecule has 3 heterocycles. The van der Waals surface area contributed by atoms with Gasteiger partial charge >= 0.3 is 0 Å². The lowest BCUT2D eigenvalue weighted by Crippen LogP contribution is -2.39. The van der Waals surface area contributed by atoms with E-state index in [0.717, 1.165) is 43.7 Å². The van der Waals surface area contributed by atoms with E-state index in [1.165, 1.54) is 5.56 Å². The number of likely N-dealkylation sites (tertiary alicyclic amines) is 1. The fourth-order valence-electron chi connectivity index (χ4n) is 4.06. The van der Waals surface area contributed by atoms with Gasteiger partial charge in [0.2, 0.25) is 0 Å². The van der Waals surface area contributed by atoms with E-state index < -0.39 is 0 Å². The number of hydrogen-bond acceptors (Lipinski definition) is 5. The quantitative estimate of drug-likeness (QED) is 0.624. The van der Waals surface area contributed by atoms with E-state index in [0.29, 0.717) is 23.2 Å². The molecule has 31 heavy (non-hydrogen) atoms. The Labute approximate surface area is 183 Å². The lowest BCUT2D eigenvalue weighted by atomic mass is 10.0.